The van der Waals surface area contributed by atoms with Crippen molar-refractivity contribution < 1.29 is 9.59 Å². The van der Waals surface area contributed by atoms with Crippen LogP contribution in [0, 0.1) is 0 Å². The minimum atomic E-state index is -0.125. The lowest BCUT2D eigenvalue weighted by Crippen LogP contribution is -2.36. The average Bonchev–Trinajstić information content (AvgIpc) is 3.42. The minimum absolute atomic E-state index is 0.125. The molecule has 2 amide bonds. The van der Waals surface area contributed by atoms with Crippen molar-refractivity contribution in [2.45, 2.75) is 25.8 Å². The minimum Gasteiger partial charge on any atom is -0.351 e. The SMILES string of the molecule is O=C(NCCCC(=O)N1CCc2ccccc2C1)c1cnc(-c2cccs2)s1. The molecule has 0 radical (unpaired) electrons. The molecule has 144 valence electrons. The van der Waals surface area contributed by atoms with Crippen molar-refractivity contribution in [1.82, 2.24) is 15.2 Å². The van der Waals surface area contributed by atoms with Gasteiger partial charge < -0.3 is 10.2 Å². The molecule has 7 heteroatoms. The number of hydrogen-bond donors (Lipinski definition) is 1. The van der Waals surface area contributed by atoms with Crippen LogP contribution < -0.4 is 5.32 Å². The van der Waals surface area contributed by atoms with Crippen LogP contribution in [0.25, 0.3) is 9.88 Å². The van der Waals surface area contributed by atoms with E-state index in [2.05, 4.69) is 22.4 Å². The van der Waals surface area contributed by atoms with Crippen LogP contribution in [0.2, 0.25) is 0 Å². The predicted octanol–water partition coefficient (Wildman–Crippen LogP) is 3.97. The highest BCUT2D eigenvalue weighted by molar-refractivity contribution is 7.21. The van der Waals surface area contributed by atoms with Crippen LogP contribution >= 0.6 is 22.7 Å². The van der Waals surface area contributed by atoms with E-state index in [0.717, 1.165) is 22.9 Å². The molecular weight excluding hydrogens is 390 g/mol. The first kappa shape index (κ1) is 18.8. The van der Waals surface area contributed by atoms with Crippen molar-refractivity contribution in [3.63, 3.8) is 0 Å². The molecule has 0 aliphatic carbocycles. The van der Waals surface area contributed by atoms with Gasteiger partial charge in [0.15, 0.2) is 0 Å². The molecule has 28 heavy (non-hydrogen) atoms. The van der Waals surface area contributed by atoms with Crippen molar-refractivity contribution in [3.8, 4) is 9.88 Å². The van der Waals surface area contributed by atoms with Gasteiger partial charge in [0.1, 0.15) is 9.88 Å². The van der Waals surface area contributed by atoms with Crippen LogP contribution in [-0.4, -0.2) is 34.8 Å². The van der Waals surface area contributed by atoms with Crippen molar-refractivity contribution >= 4 is 34.5 Å². The van der Waals surface area contributed by atoms with E-state index in [1.165, 1.54) is 22.5 Å². The van der Waals surface area contributed by atoms with Crippen LogP contribution in [0.4, 0.5) is 0 Å². The topological polar surface area (TPSA) is 62.3 Å². The highest BCUT2D eigenvalue weighted by Gasteiger charge is 2.20. The monoisotopic (exact) mass is 411 g/mol. The third-order valence-corrected chi connectivity index (χ3v) is 6.83. The zero-order valence-corrected chi connectivity index (χ0v) is 17.0. The molecule has 0 unspecified atom stereocenters. The normalized spacial score (nSPS) is 13.2. The zero-order valence-electron chi connectivity index (χ0n) is 15.4. The number of amides is 2. The Morgan fingerprint density at radius 3 is 2.82 bits per heavy atom. The lowest BCUT2D eigenvalue weighted by Gasteiger charge is -2.29. The van der Waals surface area contributed by atoms with Crippen LogP contribution in [0.5, 0.6) is 0 Å². The number of rotatable bonds is 6. The maximum atomic E-state index is 12.5. The average molecular weight is 412 g/mol. The molecule has 3 aromatic rings. The van der Waals surface area contributed by atoms with E-state index in [1.807, 2.05) is 34.5 Å². The number of hydrogen-bond acceptors (Lipinski definition) is 5. The molecule has 0 atom stereocenters. The van der Waals surface area contributed by atoms with Crippen molar-refractivity contribution in [2.24, 2.45) is 0 Å². The lowest BCUT2D eigenvalue weighted by molar-refractivity contribution is -0.132. The molecule has 0 fully saturated rings. The van der Waals surface area contributed by atoms with E-state index in [9.17, 15) is 9.59 Å². The first-order valence-corrected chi connectivity index (χ1v) is 11.0. The number of carbonyl (C=O) groups is 2. The highest BCUT2D eigenvalue weighted by atomic mass is 32.1. The Morgan fingerprint density at radius 1 is 1.14 bits per heavy atom. The highest BCUT2D eigenvalue weighted by Crippen LogP contribution is 2.28. The summed E-state index contributed by atoms with van der Waals surface area (Å²) in [6, 6.07) is 12.3. The Hall–Kier alpha value is -2.51. The number of nitrogens with zero attached hydrogens (tertiary/aromatic N) is 2. The van der Waals surface area contributed by atoms with Crippen LogP contribution in [0.3, 0.4) is 0 Å². The van der Waals surface area contributed by atoms with Gasteiger partial charge in [-0.3, -0.25) is 9.59 Å². The molecule has 0 spiro atoms. The summed E-state index contributed by atoms with van der Waals surface area (Å²) in [6.07, 6.45) is 3.62. The van der Waals surface area contributed by atoms with Crippen molar-refractivity contribution in [2.75, 3.05) is 13.1 Å². The van der Waals surface area contributed by atoms with Gasteiger partial charge in [-0.15, -0.1) is 22.7 Å². The van der Waals surface area contributed by atoms with Gasteiger partial charge in [-0.1, -0.05) is 30.3 Å². The van der Waals surface area contributed by atoms with E-state index in [1.54, 1.807) is 17.5 Å². The van der Waals surface area contributed by atoms with E-state index < -0.39 is 0 Å². The van der Waals surface area contributed by atoms with E-state index in [4.69, 9.17) is 0 Å². The first-order valence-electron chi connectivity index (χ1n) is 9.33. The second-order valence-electron chi connectivity index (χ2n) is 6.70. The summed E-state index contributed by atoms with van der Waals surface area (Å²) >= 11 is 3.00. The Balaban J connectivity index is 1.21. The van der Waals surface area contributed by atoms with Gasteiger partial charge in [0.2, 0.25) is 5.91 Å². The zero-order chi connectivity index (χ0) is 19.3. The summed E-state index contributed by atoms with van der Waals surface area (Å²) in [5.41, 5.74) is 2.58. The number of carbonyl (C=O) groups excluding carboxylic acids is 2. The number of benzene rings is 1. The summed E-state index contributed by atoms with van der Waals surface area (Å²) in [6.45, 7) is 1.95. The molecule has 2 aromatic heterocycles. The van der Waals surface area contributed by atoms with Gasteiger partial charge in [-0.2, -0.15) is 0 Å². The first-order chi connectivity index (χ1) is 13.7. The fourth-order valence-electron chi connectivity index (χ4n) is 3.29. The largest absolute Gasteiger partial charge is 0.351 e. The smallest absolute Gasteiger partial charge is 0.263 e. The molecule has 3 heterocycles. The summed E-state index contributed by atoms with van der Waals surface area (Å²) in [4.78, 5) is 32.6. The molecule has 1 aliphatic rings. The van der Waals surface area contributed by atoms with Crippen LogP contribution in [0.15, 0.2) is 48.0 Å². The molecule has 1 aliphatic heterocycles. The molecule has 0 saturated carbocycles. The molecule has 0 bridgehead atoms. The molecule has 1 N–H and O–H groups in total. The number of nitrogens with one attached hydrogen (secondary N) is 1. The number of thiophene rings is 1. The number of fused-ring (bicyclic) bond motifs is 1. The van der Waals surface area contributed by atoms with E-state index in [0.29, 0.717) is 30.8 Å². The molecule has 4 rings (SSSR count). The second-order valence-corrected chi connectivity index (χ2v) is 8.68. The van der Waals surface area contributed by atoms with Gasteiger partial charge in [-0.05, 0) is 35.4 Å². The number of aromatic nitrogens is 1. The maximum absolute atomic E-state index is 12.5. The van der Waals surface area contributed by atoms with E-state index in [-0.39, 0.29) is 11.8 Å². The standard InChI is InChI=1S/C21H21N3O2S2/c25-19(24-11-9-15-5-1-2-6-16(15)14-24)8-3-10-22-20(26)18-13-23-21(28-18)17-7-4-12-27-17/h1-2,4-7,12-13H,3,8-11,14H2,(H,22,26). The Labute approximate surface area is 172 Å². The van der Waals surface area contributed by atoms with Gasteiger partial charge in [0.25, 0.3) is 5.91 Å². The Morgan fingerprint density at radius 2 is 2.00 bits per heavy atom. The molecular formula is C21H21N3O2S2. The van der Waals surface area contributed by atoms with Gasteiger partial charge in [-0.25, -0.2) is 4.98 Å². The fourth-order valence-corrected chi connectivity index (χ4v) is 4.92. The summed E-state index contributed by atoms with van der Waals surface area (Å²) in [7, 11) is 0. The summed E-state index contributed by atoms with van der Waals surface area (Å²) in [5, 5.41) is 5.75. The Kier molecular flexibility index (Phi) is 5.83. The molecule has 0 saturated heterocycles. The van der Waals surface area contributed by atoms with Crippen LogP contribution in [0.1, 0.15) is 33.6 Å². The fraction of sp³-hybridized carbons (Fsp3) is 0.286. The summed E-state index contributed by atoms with van der Waals surface area (Å²) in [5.74, 6) is 0.0289. The molecule has 1 aromatic carbocycles. The third kappa shape index (κ3) is 4.31. The van der Waals surface area contributed by atoms with Gasteiger partial charge in [0.05, 0.1) is 11.1 Å². The van der Waals surface area contributed by atoms with Crippen molar-refractivity contribution in [3.05, 3.63) is 64.0 Å². The Bertz CT molecular complexity index is 966. The third-order valence-electron chi connectivity index (χ3n) is 4.80. The second kappa shape index (κ2) is 8.67. The quantitative estimate of drug-likeness (QED) is 0.625. The number of thiazole rings is 1. The maximum Gasteiger partial charge on any atom is 0.263 e. The predicted molar refractivity (Wildman–Crippen MR) is 113 cm³/mol. The summed E-state index contributed by atoms with van der Waals surface area (Å²) < 4.78 is 0. The van der Waals surface area contributed by atoms with Gasteiger partial charge >= 0.3 is 0 Å². The van der Waals surface area contributed by atoms with Crippen molar-refractivity contribution in [1.29, 1.82) is 0 Å². The lowest BCUT2D eigenvalue weighted by atomic mass is 9.99. The van der Waals surface area contributed by atoms with E-state index >= 15 is 0 Å². The van der Waals surface area contributed by atoms with Crippen LogP contribution in [-0.2, 0) is 17.8 Å². The van der Waals surface area contributed by atoms with Gasteiger partial charge in [0, 0.05) is 26.1 Å². The molecule has 5 nitrogen and oxygen atoms in total.